The topological polar surface area (TPSA) is 95.0 Å². The number of anilines is 1. The third kappa shape index (κ3) is 5.42. The predicted molar refractivity (Wildman–Crippen MR) is 158 cm³/mol. The summed E-state index contributed by atoms with van der Waals surface area (Å²) in [4.78, 5) is 32.3. The first-order valence-electron chi connectivity index (χ1n) is 12.4. The summed E-state index contributed by atoms with van der Waals surface area (Å²) in [5.74, 6) is 0.104. The van der Waals surface area contributed by atoms with Crippen molar-refractivity contribution >= 4 is 46.0 Å². The maximum Gasteiger partial charge on any atom is 0.283 e. The van der Waals surface area contributed by atoms with Gasteiger partial charge >= 0.3 is 0 Å². The Morgan fingerprint density at radius 2 is 2.00 bits per heavy atom. The summed E-state index contributed by atoms with van der Waals surface area (Å²) < 4.78 is 8.84. The monoisotopic (exact) mass is 587 g/mol. The molecule has 0 unspecified atom stereocenters. The lowest BCUT2D eigenvalue weighted by atomic mass is 10.1. The molecular formula is C29H22ClN5O3S2. The molecule has 6 heterocycles. The molecule has 0 fully saturated rings. The van der Waals surface area contributed by atoms with Crippen LogP contribution in [0.3, 0.4) is 0 Å². The van der Waals surface area contributed by atoms with E-state index in [1.165, 1.54) is 28.5 Å². The quantitative estimate of drug-likeness (QED) is 0.203. The van der Waals surface area contributed by atoms with Crippen LogP contribution >= 0.6 is 34.3 Å². The van der Waals surface area contributed by atoms with Crippen molar-refractivity contribution in [3.8, 4) is 22.6 Å². The second-order valence-corrected chi connectivity index (χ2v) is 11.5. The fourth-order valence-electron chi connectivity index (χ4n) is 4.39. The number of aromatic nitrogens is 4. The second-order valence-electron chi connectivity index (χ2n) is 8.89. The van der Waals surface area contributed by atoms with E-state index in [0.29, 0.717) is 52.3 Å². The Balaban J connectivity index is 1.49. The van der Waals surface area contributed by atoms with E-state index in [4.69, 9.17) is 21.1 Å². The Bertz CT molecular complexity index is 1810. The van der Waals surface area contributed by atoms with Gasteiger partial charge in [-0.2, -0.15) is 21.1 Å². The summed E-state index contributed by atoms with van der Waals surface area (Å²) >= 11 is 9.19. The molecule has 6 aromatic heterocycles. The van der Waals surface area contributed by atoms with Gasteiger partial charge < -0.3 is 14.3 Å². The van der Waals surface area contributed by atoms with Gasteiger partial charge in [0.1, 0.15) is 17.8 Å². The number of pyridine rings is 2. The highest BCUT2D eigenvalue weighted by Crippen LogP contribution is 2.32. The summed E-state index contributed by atoms with van der Waals surface area (Å²) in [6.45, 7) is 0.874. The van der Waals surface area contributed by atoms with Crippen molar-refractivity contribution in [3.05, 3.63) is 121 Å². The van der Waals surface area contributed by atoms with Crippen molar-refractivity contribution in [2.45, 2.75) is 19.5 Å². The van der Waals surface area contributed by atoms with E-state index < -0.39 is 0 Å². The van der Waals surface area contributed by atoms with E-state index >= 15 is 0 Å². The normalized spacial score (nSPS) is 11.1. The number of aryl methyl sites for hydroxylation is 1. The van der Waals surface area contributed by atoms with Gasteiger partial charge in [-0.1, -0.05) is 17.7 Å². The van der Waals surface area contributed by atoms with Gasteiger partial charge in [0.25, 0.3) is 11.5 Å². The maximum absolute atomic E-state index is 13.5. The smallest absolute Gasteiger partial charge is 0.283 e. The fourth-order valence-corrected chi connectivity index (χ4v) is 6.12. The first-order chi connectivity index (χ1) is 19.6. The molecule has 200 valence electrons. The summed E-state index contributed by atoms with van der Waals surface area (Å²) in [5.41, 5.74) is 3.81. The van der Waals surface area contributed by atoms with Gasteiger partial charge in [-0.25, -0.2) is 0 Å². The zero-order valence-corrected chi connectivity index (χ0v) is 23.4. The molecule has 0 saturated heterocycles. The molecule has 0 bridgehead atoms. The van der Waals surface area contributed by atoms with Gasteiger partial charge in [-0.3, -0.25) is 14.6 Å². The number of nitrogens with one attached hydrogen (secondary N) is 1. The van der Waals surface area contributed by atoms with Crippen LogP contribution in [0.25, 0.3) is 22.6 Å². The first kappa shape index (κ1) is 26.0. The molecule has 0 aliphatic rings. The Morgan fingerprint density at radius 3 is 2.73 bits per heavy atom. The summed E-state index contributed by atoms with van der Waals surface area (Å²) in [6, 6.07) is 18.1. The van der Waals surface area contributed by atoms with Crippen molar-refractivity contribution in [1.29, 1.82) is 0 Å². The summed E-state index contributed by atoms with van der Waals surface area (Å²) in [6.07, 6.45) is 5.20. The van der Waals surface area contributed by atoms with Gasteiger partial charge in [0, 0.05) is 35.3 Å². The van der Waals surface area contributed by atoms with Crippen LogP contribution in [0.15, 0.2) is 99.4 Å². The van der Waals surface area contributed by atoms with Crippen molar-refractivity contribution in [1.82, 2.24) is 19.3 Å². The second kappa shape index (κ2) is 11.5. The van der Waals surface area contributed by atoms with E-state index in [2.05, 4.69) is 21.7 Å². The van der Waals surface area contributed by atoms with E-state index in [9.17, 15) is 9.59 Å². The molecule has 0 aliphatic heterocycles. The fraction of sp³-hybridized carbons (Fsp3) is 0.103. The SMILES string of the molecule is O=C(c1ccoc1)n1nc(-c2c(-c3ccccn3)ccc(=O)n2CCc2ccsc2)cc1NCc1ccc(Cl)s1. The minimum atomic E-state index is -0.366. The molecule has 6 rings (SSSR count). The van der Waals surface area contributed by atoms with Gasteiger partial charge in [0.05, 0.1) is 34.1 Å². The molecular weight excluding hydrogens is 566 g/mol. The minimum Gasteiger partial charge on any atom is -0.472 e. The Hall–Kier alpha value is -4.25. The molecule has 40 heavy (non-hydrogen) atoms. The van der Waals surface area contributed by atoms with Gasteiger partial charge in [-0.05, 0) is 65.2 Å². The van der Waals surface area contributed by atoms with E-state index in [-0.39, 0.29) is 11.5 Å². The number of carbonyl (C=O) groups excluding carboxylic acids is 1. The molecule has 0 aromatic carbocycles. The van der Waals surface area contributed by atoms with E-state index in [0.717, 1.165) is 16.0 Å². The number of carbonyl (C=O) groups is 1. The van der Waals surface area contributed by atoms with Gasteiger partial charge in [0.2, 0.25) is 0 Å². The van der Waals surface area contributed by atoms with Crippen molar-refractivity contribution in [2.24, 2.45) is 0 Å². The number of hydrogen-bond donors (Lipinski definition) is 1. The van der Waals surface area contributed by atoms with Crippen LogP contribution in [0, 0.1) is 0 Å². The number of furan rings is 1. The Labute approximate surface area is 242 Å². The predicted octanol–water partition coefficient (Wildman–Crippen LogP) is 6.69. The summed E-state index contributed by atoms with van der Waals surface area (Å²) in [5, 5.41) is 12.2. The molecule has 0 radical (unpaired) electrons. The molecule has 0 atom stereocenters. The molecule has 0 spiro atoms. The van der Waals surface area contributed by atoms with Crippen molar-refractivity contribution in [3.63, 3.8) is 0 Å². The van der Waals surface area contributed by atoms with Gasteiger partial charge in [-0.15, -0.1) is 11.3 Å². The number of thiophene rings is 2. The lowest BCUT2D eigenvalue weighted by Crippen LogP contribution is -2.23. The highest BCUT2D eigenvalue weighted by Gasteiger charge is 2.23. The zero-order valence-electron chi connectivity index (χ0n) is 21.0. The van der Waals surface area contributed by atoms with Gasteiger partial charge in [0.15, 0.2) is 0 Å². The third-order valence-corrected chi connectivity index (χ3v) is 8.28. The van der Waals surface area contributed by atoms with Crippen LogP contribution < -0.4 is 10.9 Å². The molecule has 8 nitrogen and oxygen atoms in total. The van der Waals surface area contributed by atoms with E-state index in [1.54, 1.807) is 46.4 Å². The number of hydrogen-bond acceptors (Lipinski definition) is 8. The zero-order chi connectivity index (χ0) is 27.5. The number of halogens is 1. The van der Waals surface area contributed by atoms with Crippen LogP contribution in [0.5, 0.6) is 0 Å². The highest BCUT2D eigenvalue weighted by molar-refractivity contribution is 7.16. The highest BCUT2D eigenvalue weighted by atomic mass is 35.5. The average Bonchev–Trinajstić information content (AvgIpc) is 3.79. The van der Waals surface area contributed by atoms with Crippen LogP contribution in [0.1, 0.15) is 20.8 Å². The number of rotatable bonds is 9. The van der Waals surface area contributed by atoms with Crippen molar-refractivity contribution in [2.75, 3.05) is 5.32 Å². The molecule has 6 aromatic rings. The standard InChI is InChI=1S/C29H22ClN5O3S2/c30-25-6-4-21(40-25)16-32-26-15-24(33-35(26)29(37)20-9-13-38-17-20)28-22(23-3-1-2-11-31-23)5-7-27(36)34(28)12-8-19-10-14-39-18-19/h1-7,9-11,13-15,17-18,32H,8,12,16H2. The molecule has 11 heteroatoms. The van der Waals surface area contributed by atoms with Crippen LogP contribution in [0.2, 0.25) is 4.34 Å². The largest absolute Gasteiger partial charge is 0.472 e. The average molecular weight is 588 g/mol. The van der Waals surface area contributed by atoms with Crippen LogP contribution in [-0.4, -0.2) is 25.2 Å². The van der Waals surface area contributed by atoms with Crippen LogP contribution in [0.4, 0.5) is 5.82 Å². The lowest BCUT2D eigenvalue weighted by molar-refractivity contribution is 0.0947. The lowest BCUT2D eigenvalue weighted by Gasteiger charge is -2.15. The molecule has 0 amide bonds. The third-order valence-electron chi connectivity index (χ3n) is 6.31. The van der Waals surface area contributed by atoms with Crippen LogP contribution in [-0.2, 0) is 19.5 Å². The minimum absolute atomic E-state index is 0.164. The first-order valence-corrected chi connectivity index (χ1v) is 14.5. The number of nitrogens with zero attached hydrogens (tertiary/aromatic N) is 4. The van der Waals surface area contributed by atoms with Crippen molar-refractivity contribution < 1.29 is 9.21 Å². The summed E-state index contributed by atoms with van der Waals surface area (Å²) in [7, 11) is 0. The molecule has 0 aliphatic carbocycles. The Kier molecular flexibility index (Phi) is 7.45. The maximum atomic E-state index is 13.5. The Morgan fingerprint density at radius 1 is 1.07 bits per heavy atom. The molecule has 0 saturated carbocycles. The van der Waals surface area contributed by atoms with E-state index in [1.807, 2.05) is 35.7 Å². The molecule has 1 N–H and O–H groups in total.